The van der Waals surface area contributed by atoms with E-state index in [1.54, 1.807) is 13.1 Å². The number of rotatable bonds is 5. The third-order valence-corrected chi connectivity index (χ3v) is 5.52. The number of sulfonamides is 1. The lowest BCUT2D eigenvalue weighted by atomic mass is 10.4. The monoisotopic (exact) mass is 321 g/mol. The summed E-state index contributed by atoms with van der Waals surface area (Å²) in [5.74, 6) is 1.71. The lowest BCUT2D eigenvalue weighted by Gasteiger charge is -2.26. The van der Waals surface area contributed by atoms with Crippen LogP contribution in [0.5, 0.6) is 0 Å². The zero-order valence-corrected chi connectivity index (χ0v) is 13.3. The number of aromatic nitrogens is 3. The number of pyridine rings is 1. The van der Waals surface area contributed by atoms with Crippen LogP contribution in [0, 0.1) is 0 Å². The lowest BCUT2D eigenvalue weighted by molar-refractivity contribution is 0.336. The lowest BCUT2D eigenvalue weighted by Crippen LogP contribution is -2.39. The smallest absolute Gasteiger partial charge is 0.214 e. The van der Waals surface area contributed by atoms with Gasteiger partial charge in [0, 0.05) is 25.5 Å². The van der Waals surface area contributed by atoms with E-state index >= 15 is 0 Å². The number of nitrogens with zero attached hydrogens (tertiary/aromatic N) is 4. The van der Waals surface area contributed by atoms with E-state index < -0.39 is 10.0 Å². The Morgan fingerprint density at radius 2 is 2.18 bits per heavy atom. The second-order valence-corrected chi connectivity index (χ2v) is 7.40. The molecule has 1 aliphatic rings. The molecular weight excluding hydrogens is 302 g/mol. The molecule has 22 heavy (non-hydrogen) atoms. The van der Waals surface area contributed by atoms with Crippen molar-refractivity contribution in [3.63, 3.8) is 0 Å². The molecule has 3 heterocycles. The van der Waals surface area contributed by atoms with Crippen LogP contribution in [-0.4, -0.2) is 39.6 Å². The first kappa shape index (κ1) is 15.0. The third kappa shape index (κ3) is 3.12. The van der Waals surface area contributed by atoms with Crippen molar-refractivity contribution >= 4 is 15.8 Å². The summed E-state index contributed by atoms with van der Waals surface area (Å²) in [6.45, 7) is 3.73. The van der Waals surface area contributed by atoms with Crippen LogP contribution in [0.4, 0.5) is 5.82 Å². The maximum Gasteiger partial charge on any atom is 0.214 e. The molecule has 0 atom stereocenters. The third-order valence-electron chi connectivity index (χ3n) is 3.69. The summed E-state index contributed by atoms with van der Waals surface area (Å²) in [6.07, 6.45) is 3.70. The molecule has 7 nitrogen and oxygen atoms in total. The SMILES string of the molecule is CCS(=O)(=O)N1CCn2cc(CNc3ccccn3)nc2C1. The minimum Gasteiger partial charge on any atom is -0.364 e. The molecule has 0 aliphatic carbocycles. The fourth-order valence-corrected chi connectivity index (χ4v) is 3.48. The van der Waals surface area contributed by atoms with Crippen LogP contribution in [-0.2, 0) is 29.7 Å². The zero-order valence-electron chi connectivity index (χ0n) is 12.4. The summed E-state index contributed by atoms with van der Waals surface area (Å²) in [5, 5.41) is 3.20. The molecule has 0 unspecified atom stereocenters. The Bertz CT molecular complexity index is 742. The van der Waals surface area contributed by atoms with Crippen molar-refractivity contribution in [1.82, 2.24) is 18.8 Å². The van der Waals surface area contributed by atoms with E-state index in [4.69, 9.17) is 0 Å². The molecule has 1 N–H and O–H groups in total. The quantitative estimate of drug-likeness (QED) is 0.890. The molecule has 0 aromatic carbocycles. The van der Waals surface area contributed by atoms with Crippen molar-refractivity contribution in [2.24, 2.45) is 0 Å². The maximum atomic E-state index is 11.9. The molecule has 0 spiro atoms. The number of hydrogen-bond donors (Lipinski definition) is 1. The summed E-state index contributed by atoms with van der Waals surface area (Å²) in [5.41, 5.74) is 0.886. The van der Waals surface area contributed by atoms with Crippen LogP contribution in [0.25, 0.3) is 0 Å². The van der Waals surface area contributed by atoms with E-state index in [9.17, 15) is 8.42 Å². The highest BCUT2D eigenvalue weighted by Crippen LogP contribution is 2.16. The molecule has 1 aliphatic heterocycles. The van der Waals surface area contributed by atoms with Crippen LogP contribution in [0.1, 0.15) is 18.4 Å². The molecular formula is C14H19N5O2S. The van der Waals surface area contributed by atoms with E-state index in [0.717, 1.165) is 17.3 Å². The molecule has 0 saturated heterocycles. The predicted octanol–water partition coefficient (Wildman–Crippen LogP) is 1.06. The van der Waals surface area contributed by atoms with Gasteiger partial charge in [0.15, 0.2) is 0 Å². The highest BCUT2D eigenvalue weighted by Gasteiger charge is 2.26. The van der Waals surface area contributed by atoms with Crippen molar-refractivity contribution in [3.8, 4) is 0 Å². The van der Waals surface area contributed by atoms with Gasteiger partial charge in [-0.1, -0.05) is 6.07 Å². The van der Waals surface area contributed by atoms with Crippen molar-refractivity contribution in [2.45, 2.75) is 26.6 Å². The van der Waals surface area contributed by atoms with Crippen molar-refractivity contribution in [3.05, 3.63) is 42.1 Å². The summed E-state index contributed by atoms with van der Waals surface area (Å²) in [6, 6.07) is 5.68. The van der Waals surface area contributed by atoms with Crippen LogP contribution < -0.4 is 5.32 Å². The van der Waals surface area contributed by atoms with Crippen LogP contribution in [0.15, 0.2) is 30.6 Å². The molecule has 2 aromatic rings. The van der Waals surface area contributed by atoms with E-state index in [1.165, 1.54) is 4.31 Å². The average Bonchev–Trinajstić information content (AvgIpc) is 2.96. The van der Waals surface area contributed by atoms with Gasteiger partial charge in [0.1, 0.15) is 11.6 Å². The van der Waals surface area contributed by atoms with Crippen molar-refractivity contribution < 1.29 is 8.42 Å². The Morgan fingerprint density at radius 3 is 2.91 bits per heavy atom. The van der Waals surface area contributed by atoms with E-state index in [2.05, 4.69) is 15.3 Å². The summed E-state index contributed by atoms with van der Waals surface area (Å²) in [4.78, 5) is 8.73. The Morgan fingerprint density at radius 1 is 1.32 bits per heavy atom. The summed E-state index contributed by atoms with van der Waals surface area (Å²) in [7, 11) is -3.16. The number of fused-ring (bicyclic) bond motifs is 1. The summed E-state index contributed by atoms with van der Waals surface area (Å²) >= 11 is 0. The average molecular weight is 321 g/mol. The van der Waals surface area contributed by atoms with E-state index in [1.807, 2.05) is 29.0 Å². The fourth-order valence-electron chi connectivity index (χ4n) is 2.44. The van der Waals surface area contributed by atoms with Gasteiger partial charge in [0.05, 0.1) is 24.5 Å². The Kier molecular flexibility index (Phi) is 4.12. The molecule has 3 rings (SSSR count). The van der Waals surface area contributed by atoms with E-state index in [-0.39, 0.29) is 5.75 Å². The van der Waals surface area contributed by atoms with Gasteiger partial charge in [-0.05, 0) is 19.1 Å². The van der Waals surface area contributed by atoms with Crippen LogP contribution in [0.3, 0.4) is 0 Å². The van der Waals surface area contributed by atoms with Gasteiger partial charge >= 0.3 is 0 Å². The Labute approximate surface area is 130 Å². The van der Waals surface area contributed by atoms with Gasteiger partial charge in [-0.2, -0.15) is 4.31 Å². The summed E-state index contributed by atoms with van der Waals surface area (Å²) < 4.78 is 27.4. The van der Waals surface area contributed by atoms with Gasteiger partial charge in [-0.15, -0.1) is 0 Å². The number of hydrogen-bond acceptors (Lipinski definition) is 5. The fraction of sp³-hybridized carbons (Fsp3) is 0.429. The van der Waals surface area contributed by atoms with Gasteiger partial charge in [0.25, 0.3) is 0 Å². The number of imidazole rings is 1. The molecule has 118 valence electrons. The van der Waals surface area contributed by atoms with Crippen LogP contribution in [0.2, 0.25) is 0 Å². The van der Waals surface area contributed by atoms with Gasteiger partial charge in [-0.3, -0.25) is 0 Å². The number of nitrogens with one attached hydrogen (secondary N) is 1. The minimum absolute atomic E-state index is 0.127. The molecule has 2 aromatic heterocycles. The molecule has 0 radical (unpaired) electrons. The van der Waals surface area contributed by atoms with Gasteiger partial charge in [0.2, 0.25) is 10.0 Å². The maximum absolute atomic E-state index is 11.9. The van der Waals surface area contributed by atoms with Crippen molar-refractivity contribution in [2.75, 3.05) is 17.6 Å². The Hall–Kier alpha value is -1.93. The second-order valence-electron chi connectivity index (χ2n) is 5.14. The first-order chi connectivity index (χ1) is 10.6. The first-order valence-corrected chi connectivity index (χ1v) is 8.87. The number of anilines is 1. The van der Waals surface area contributed by atoms with Gasteiger partial charge < -0.3 is 9.88 Å². The molecule has 0 fully saturated rings. The molecule has 0 bridgehead atoms. The van der Waals surface area contributed by atoms with Gasteiger partial charge in [-0.25, -0.2) is 18.4 Å². The molecule has 8 heteroatoms. The second kappa shape index (κ2) is 6.05. The van der Waals surface area contributed by atoms with Crippen molar-refractivity contribution in [1.29, 1.82) is 0 Å². The van der Waals surface area contributed by atoms with Crippen LogP contribution >= 0.6 is 0 Å². The standard InChI is InChI=1S/C14H19N5O2S/c1-2-22(20,21)19-8-7-18-10-12(17-14(18)11-19)9-16-13-5-3-4-6-15-13/h3-6,10H,2,7-9,11H2,1H3,(H,15,16). The van der Waals surface area contributed by atoms with E-state index in [0.29, 0.717) is 26.2 Å². The highest BCUT2D eigenvalue weighted by atomic mass is 32.2. The highest BCUT2D eigenvalue weighted by molar-refractivity contribution is 7.89. The largest absolute Gasteiger partial charge is 0.364 e. The zero-order chi connectivity index (χ0) is 15.6. The Balaban J connectivity index is 1.69. The topological polar surface area (TPSA) is 80.1 Å². The molecule has 0 amide bonds. The molecule has 0 saturated carbocycles. The normalized spacial score (nSPS) is 15.5. The predicted molar refractivity (Wildman–Crippen MR) is 83.7 cm³/mol. The first-order valence-electron chi connectivity index (χ1n) is 7.26. The minimum atomic E-state index is -3.16.